The van der Waals surface area contributed by atoms with Gasteiger partial charge in [-0.3, -0.25) is 29.4 Å². The highest BCUT2D eigenvalue weighted by molar-refractivity contribution is 6.27. The Kier molecular flexibility index (Phi) is 5.61. The van der Waals surface area contributed by atoms with Crippen molar-refractivity contribution >= 4 is 29.6 Å². The third kappa shape index (κ3) is 3.53. The van der Waals surface area contributed by atoms with Crippen molar-refractivity contribution in [1.29, 1.82) is 0 Å². The standard InChI is InChI=1S/C21H24F2N4O4/c1-10-6-24-7-11(2)27(10)19-13(22)5-12-8-26(14-3-4-16(30)25-21(14)31)20(15(29)9-28)17(12)18(19)23/h5,9-11,14,20,24H,3-4,6-8H2,1-2H3,(H,25,30,31). The van der Waals surface area contributed by atoms with Gasteiger partial charge in [-0.2, -0.15) is 0 Å². The monoisotopic (exact) mass is 434 g/mol. The number of anilines is 1. The maximum Gasteiger partial charge on any atom is 0.243 e. The van der Waals surface area contributed by atoms with E-state index < -0.39 is 41.3 Å². The van der Waals surface area contributed by atoms with Gasteiger partial charge in [0.05, 0.1) is 6.04 Å². The van der Waals surface area contributed by atoms with Crippen LogP contribution in [-0.2, 0) is 25.7 Å². The van der Waals surface area contributed by atoms with Gasteiger partial charge in [-0.1, -0.05) is 0 Å². The Bertz CT molecular complexity index is 959. The number of halogens is 2. The average molecular weight is 434 g/mol. The molecule has 8 nitrogen and oxygen atoms in total. The maximum absolute atomic E-state index is 15.9. The van der Waals surface area contributed by atoms with Crippen LogP contribution in [0.15, 0.2) is 6.07 Å². The number of benzene rings is 1. The molecule has 4 rings (SSSR count). The molecule has 3 heterocycles. The molecule has 166 valence electrons. The second kappa shape index (κ2) is 8.08. The molecule has 0 bridgehead atoms. The van der Waals surface area contributed by atoms with Crippen molar-refractivity contribution in [3.63, 3.8) is 0 Å². The summed E-state index contributed by atoms with van der Waals surface area (Å²) in [5.74, 6) is -3.60. The number of rotatable bonds is 4. The summed E-state index contributed by atoms with van der Waals surface area (Å²) in [6.45, 7) is 4.70. The fourth-order valence-corrected chi connectivity index (χ4v) is 5.02. The van der Waals surface area contributed by atoms with Crippen molar-refractivity contribution < 1.29 is 28.0 Å². The number of carbonyl (C=O) groups is 4. The Morgan fingerprint density at radius 3 is 2.48 bits per heavy atom. The second-order valence-corrected chi connectivity index (χ2v) is 8.42. The lowest BCUT2D eigenvalue weighted by Gasteiger charge is -2.41. The van der Waals surface area contributed by atoms with Gasteiger partial charge in [0.25, 0.3) is 0 Å². The second-order valence-electron chi connectivity index (χ2n) is 8.42. The van der Waals surface area contributed by atoms with E-state index in [2.05, 4.69) is 10.6 Å². The van der Waals surface area contributed by atoms with Crippen LogP contribution in [0.3, 0.4) is 0 Å². The number of hydrogen-bond acceptors (Lipinski definition) is 7. The van der Waals surface area contributed by atoms with Gasteiger partial charge < -0.3 is 10.2 Å². The lowest BCUT2D eigenvalue weighted by molar-refractivity contribution is -0.141. The normalized spacial score (nSPS) is 29.0. The van der Waals surface area contributed by atoms with Gasteiger partial charge in [0.1, 0.15) is 17.5 Å². The molecule has 0 aromatic heterocycles. The van der Waals surface area contributed by atoms with Crippen LogP contribution >= 0.6 is 0 Å². The summed E-state index contributed by atoms with van der Waals surface area (Å²) in [4.78, 5) is 50.9. The quantitative estimate of drug-likeness (QED) is 0.406. The molecule has 2 amide bonds. The predicted octanol–water partition coefficient (Wildman–Crippen LogP) is 0.581. The highest BCUT2D eigenvalue weighted by Gasteiger charge is 2.46. The van der Waals surface area contributed by atoms with Gasteiger partial charge >= 0.3 is 0 Å². The third-order valence-corrected chi connectivity index (χ3v) is 6.36. The SMILES string of the molecule is CC1CNCC(C)N1c1c(F)cc2c(c1F)C(C(=O)C=O)N(C1CCC(=O)NC1=O)C2. The molecule has 3 aliphatic rings. The molecule has 4 atom stereocenters. The van der Waals surface area contributed by atoms with Gasteiger partial charge in [-0.15, -0.1) is 0 Å². The number of hydrogen-bond donors (Lipinski definition) is 2. The van der Waals surface area contributed by atoms with Crippen molar-refractivity contribution in [2.75, 3.05) is 18.0 Å². The number of piperazine rings is 1. The molecule has 0 radical (unpaired) electrons. The minimum absolute atomic E-state index is 0.0587. The predicted molar refractivity (Wildman–Crippen MR) is 106 cm³/mol. The fourth-order valence-electron chi connectivity index (χ4n) is 5.02. The van der Waals surface area contributed by atoms with Crippen molar-refractivity contribution in [3.05, 3.63) is 28.8 Å². The van der Waals surface area contributed by atoms with Crippen LogP contribution in [0.25, 0.3) is 0 Å². The molecule has 2 fully saturated rings. The van der Waals surface area contributed by atoms with Crippen molar-refractivity contribution in [2.24, 2.45) is 0 Å². The highest BCUT2D eigenvalue weighted by Crippen LogP contribution is 2.43. The summed E-state index contributed by atoms with van der Waals surface area (Å²) in [6, 6.07) is -1.45. The smallest absolute Gasteiger partial charge is 0.243 e. The van der Waals surface area contributed by atoms with Crippen LogP contribution in [0.5, 0.6) is 0 Å². The molecule has 3 aliphatic heterocycles. The summed E-state index contributed by atoms with van der Waals surface area (Å²) >= 11 is 0. The molecular weight excluding hydrogens is 410 g/mol. The largest absolute Gasteiger partial charge is 0.359 e. The molecule has 2 saturated heterocycles. The van der Waals surface area contributed by atoms with E-state index >= 15 is 8.78 Å². The van der Waals surface area contributed by atoms with Crippen LogP contribution in [0.4, 0.5) is 14.5 Å². The molecule has 2 N–H and O–H groups in total. The lowest BCUT2D eigenvalue weighted by Crippen LogP contribution is -2.56. The van der Waals surface area contributed by atoms with Crippen molar-refractivity contribution in [2.45, 2.75) is 57.4 Å². The summed E-state index contributed by atoms with van der Waals surface area (Å²) in [5.41, 5.74) is -0.0794. The van der Waals surface area contributed by atoms with Crippen LogP contribution in [0, 0.1) is 11.6 Å². The van der Waals surface area contributed by atoms with Gasteiger partial charge in [0.2, 0.25) is 17.6 Å². The molecule has 4 unspecified atom stereocenters. The van der Waals surface area contributed by atoms with Crippen LogP contribution in [0.2, 0.25) is 0 Å². The van der Waals surface area contributed by atoms with E-state index in [-0.39, 0.29) is 54.6 Å². The van der Waals surface area contributed by atoms with Crippen LogP contribution in [-0.4, -0.2) is 60.0 Å². The Hall–Kier alpha value is -2.72. The number of piperidine rings is 1. The number of nitrogens with one attached hydrogen (secondary N) is 2. The number of Topliss-reactive ketones (excluding diaryl/α,β-unsaturated/α-hetero) is 1. The number of carbonyl (C=O) groups excluding carboxylic acids is 4. The van der Waals surface area contributed by atoms with E-state index in [0.29, 0.717) is 13.1 Å². The number of fused-ring (bicyclic) bond motifs is 1. The van der Waals surface area contributed by atoms with E-state index in [1.807, 2.05) is 13.8 Å². The number of imide groups is 1. The topological polar surface area (TPSA) is 98.8 Å². The molecule has 0 aliphatic carbocycles. The first kappa shape index (κ1) is 21.5. The van der Waals surface area contributed by atoms with Crippen molar-refractivity contribution in [3.8, 4) is 0 Å². The molecule has 31 heavy (non-hydrogen) atoms. The maximum atomic E-state index is 15.9. The number of ketones is 1. The molecular formula is C21H24F2N4O4. The van der Waals surface area contributed by atoms with Gasteiger partial charge in [0.15, 0.2) is 12.1 Å². The molecule has 1 aromatic rings. The van der Waals surface area contributed by atoms with E-state index in [9.17, 15) is 19.2 Å². The summed E-state index contributed by atoms with van der Waals surface area (Å²) in [6.07, 6.45) is 0.282. The first-order chi connectivity index (χ1) is 14.7. The van der Waals surface area contributed by atoms with E-state index in [0.717, 1.165) is 0 Å². The van der Waals surface area contributed by atoms with Crippen LogP contribution in [0.1, 0.15) is 43.9 Å². The Labute approximate surface area is 177 Å². The Balaban J connectivity index is 1.80. The number of nitrogens with zero attached hydrogens (tertiary/aromatic N) is 2. The molecule has 0 saturated carbocycles. The average Bonchev–Trinajstić information content (AvgIpc) is 3.08. The van der Waals surface area contributed by atoms with E-state index in [4.69, 9.17) is 0 Å². The summed E-state index contributed by atoms with van der Waals surface area (Å²) < 4.78 is 31.0. The fraction of sp³-hybridized carbons (Fsp3) is 0.524. The first-order valence-corrected chi connectivity index (χ1v) is 10.3. The zero-order chi connectivity index (χ0) is 22.4. The lowest BCUT2D eigenvalue weighted by atomic mass is 9.96. The minimum Gasteiger partial charge on any atom is -0.359 e. The van der Waals surface area contributed by atoms with E-state index in [1.54, 1.807) is 4.90 Å². The molecule has 1 aromatic carbocycles. The Morgan fingerprint density at radius 2 is 1.87 bits per heavy atom. The van der Waals surface area contributed by atoms with Gasteiger partial charge in [-0.25, -0.2) is 8.78 Å². The van der Waals surface area contributed by atoms with Crippen molar-refractivity contribution in [1.82, 2.24) is 15.5 Å². The minimum atomic E-state index is -1.34. The number of aldehydes is 1. The zero-order valence-corrected chi connectivity index (χ0v) is 17.3. The zero-order valence-electron chi connectivity index (χ0n) is 17.3. The molecule has 0 spiro atoms. The van der Waals surface area contributed by atoms with Crippen LogP contribution < -0.4 is 15.5 Å². The summed E-state index contributed by atoms with van der Waals surface area (Å²) in [5, 5.41) is 5.41. The van der Waals surface area contributed by atoms with Gasteiger partial charge in [0, 0.05) is 43.7 Å². The third-order valence-electron chi connectivity index (χ3n) is 6.36. The number of amides is 2. The van der Waals surface area contributed by atoms with E-state index in [1.165, 1.54) is 11.0 Å². The molecule has 10 heteroatoms. The Morgan fingerprint density at radius 1 is 1.19 bits per heavy atom. The summed E-state index contributed by atoms with van der Waals surface area (Å²) in [7, 11) is 0. The first-order valence-electron chi connectivity index (χ1n) is 10.3. The highest BCUT2D eigenvalue weighted by atomic mass is 19.1. The van der Waals surface area contributed by atoms with Gasteiger partial charge in [-0.05, 0) is 31.9 Å².